The monoisotopic (exact) mass is 407 g/mol. The molecule has 3 rings (SSSR count). The predicted octanol–water partition coefficient (Wildman–Crippen LogP) is 3.58. The molecule has 28 heavy (non-hydrogen) atoms. The third-order valence-electron chi connectivity index (χ3n) is 4.47. The van der Waals surface area contributed by atoms with Crippen LogP contribution in [0.4, 0.5) is 14.6 Å². The summed E-state index contributed by atoms with van der Waals surface area (Å²) in [6.07, 6.45) is 1.42. The smallest absolute Gasteiger partial charge is 0.290 e. The fourth-order valence-corrected chi connectivity index (χ4v) is 3.61. The van der Waals surface area contributed by atoms with Crippen molar-refractivity contribution in [1.82, 2.24) is 19.9 Å². The van der Waals surface area contributed by atoms with E-state index in [4.69, 9.17) is 0 Å². The number of carbonyl (C=O) groups excluding carboxylic acids is 1. The van der Waals surface area contributed by atoms with E-state index >= 15 is 0 Å². The minimum absolute atomic E-state index is 0.0675. The van der Waals surface area contributed by atoms with E-state index in [-0.39, 0.29) is 22.4 Å². The van der Waals surface area contributed by atoms with Gasteiger partial charge in [0.25, 0.3) is 11.7 Å². The number of aromatic nitrogens is 3. The van der Waals surface area contributed by atoms with Gasteiger partial charge in [0.1, 0.15) is 16.7 Å². The topological polar surface area (TPSA) is 62.2 Å². The highest BCUT2D eigenvalue weighted by Gasteiger charge is 2.26. The van der Waals surface area contributed by atoms with Crippen molar-refractivity contribution in [2.75, 3.05) is 31.1 Å². The minimum Gasteiger partial charge on any atom is -0.353 e. The van der Waals surface area contributed by atoms with Crippen molar-refractivity contribution >= 4 is 23.5 Å². The number of anilines is 1. The predicted molar refractivity (Wildman–Crippen MR) is 105 cm³/mol. The molecule has 0 N–H and O–H groups in total. The van der Waals surface area contributed by atoms with Gasteiger partial charge < -0.3 is 9.80 Å². The summed E-state index contributed by atoms with van der Waals surface area (Å²) >= 11 is 0.301. The van der Waals surface area contributed by atoms with Gasteiger partial charge in [-0.05, 0) is 30.8 Å². The second-order valence-electron chi connectivity index (χ2n) is 6.89. The number of rotatable bonds is 5. The molecule has 0 atom stereocenters. The number of alkyl halides is 2. The zero-order valence-corrected chi connectivity index (χ0v) is 16.9. The number of halogens is 2. The first-order valence-corrected chi connectivity index (χ1v) is 10.0. The molecule has 0 radical (unpaired) electrons. The highest BCUT2D eigenvalue weighted by Crippen LogP contribution is 2.27. The van der Waals surface area contributed by atoms with Gasteiger partial charge in [-0.25, -0.2) is 15.0 Å². The molecule has 1 saturated heterocycles. The average molecular weight is 407 g/mol. The lowest BCUT2D eigenvalue weighted by Gasteiger charge is -2.35. The number of hydrogen-bond donors (Lipinski definition) is 0. The van der Waals surface area contributed by atoms with Crippen molar-refractivity contribution in [1.29, 1.82) is 0 Å². The van der Waals surface area contributed by atoms with Crippen LogP contribution in [0.1, 0.15) is 41.6 Å². The van der Waals surface area contributed by atoms with Crippen LogP contribution in [0.25, 0.3) is 0 Å². The van der Waals surface area contributed by atoms with E-state index in [2.05, 4.69) is 33.7 Å². The third-order valence-corrected chi connectivity index (χ3v) is 5.19. The second-order valence-corrected chi connectivity index (χ2v) is 7.87. The lowest BCUT2D eigenvalue weighted by Crippen LogP contribution is -2.49. The summed E-state index contributed by atoms with van der Waals surface area (Å²) in [6, 6.07) is 5.09. The van der Waals surface area contributed by atoms with Crippen LogP contribution in [-0.2, 0) is 0 Å². The molecule has 9 heteroatoms. The summed E-state index contributed by atoms with van der Waals surface area (Å²) in [5.41, 5.74) is 1.14. The van der Waals surface area contributed by atoms with Crippen molar-refractivity contribution in [2.24, 2.45) is 0 Å². The molecule has 0 aliphatic carbocycles. The number of carbonyl (C=O) groups is 1. The number of pyridine rings is 1. The Morgan fingerprint density at radius 1 is 1.18 bits per heavy atom. The Morgan fingerprint density at radius 2 is 1.89 bits per heavy atom. The lowest BCUT2D eigenvalue weighted by molar-refractivity contribution is 0.0742. The molecule has 0 spiro atoms. The van der Waals surface area contributed by atoms with E-state index in [0.717, 1.165) is 17.3 Å². The van der Waals surface area contributed by atoms with Crippen LogP contribution in [0.3, 0.4) is 0 Å². The number of nitrogens with zero attached hydrogens (tertiary/aromatic N) is 5. The van der Waals surface area contributed by atoms with Gasteiger partial charge in [-0.1, -0.05) is 13.8 Å². The SMILES string of the molecule is Cc1cc(N2CCN(C(=O)c3cccnc3SC(F)F)CC2)nc(C(C)C)n1. The Morgan fingerprint density at radius 3 is 2.54 bits per heavy atom. The highest BCUT2D eigenvalue weighted by molar-refractivity contribution is 7.99. The first-order chi connectivity index (χ1) is 13.3. The minimum atomic E-state index is -2.62. The van der Waals surface area contributed by atoms with Crippen LogP contribution in [-0.4, -0.2) is 57.7 Å². The van der Waals surface area contributed by atoms with Crippen molar-refractivity contribution < 1.29 is 13.6 Å². The molecule has 1 aliphatic heterocycles. The van der Waals surface area contributed by atoms with Crippen LogP contribution < -0.4 is 4.90 Å². The Kier molecular flexibility index (Phi) is 6.43. The number of thioether (sulfide) groups is 1. The number of aryl methyl sites for hydroxylation is 1. The van der Waals surface area contributed by atoms with Gasteiger partial charge in [0.05, 0.1) is 5.56 Å². The molecular formula is C19H23F2N5OS. The van der Waals surface area contributed by atoms with Crippen molar-refractivity contribution in [2.45, 2.75) is 37.5 Å². The molecule has 6 nitrogen and oxygen atoms in total. The fourth-order valence-electron chi connectivity index (χ4n) is 3.04. The molecule has 2 aromatic rings. The van der Waals surface area contributed by atoms with Gasteiger partial charge >= 0.3 is 0 Å². The molecule has 3 heterocycles. The van der Waals surface area contributed by atoms with Gasteiger partial charge in [0.2, 0.25) is 0 Å². The Labute approximate surface area is 167 Å². The Balaban J connectivity index is 1.70. The fraction of sp³-hybridized carbons (Fsp3) is 0.474. The molecule has 0 aromatic carbocycles. The first-order valence-electron chi connectivity index (χ1n) is 9.14. The highest BCUT2D eigenvalue weighted by atomic mass is 32.2. The number of piperazine rings is 1. The van der Waals surface area contributed by atoms with E-state index in [9.17, 15) is 13.6 Å². The van der Waals surface area contributed by atoms with Gasteiger partial charge in [0, 0.05) is 50.1 Å². The quantitative estimate of drug-likeness (QED) is 0.706. The first kappa shape index (κ1) is 20.4. The number of amides is 1. The molecule has 1 fully saturated rings. The van der Waals surface area contributed by atoms with Gasteiger partial charge in [-0.3, -0.25) is 4.79 Å². The van der Waals surface area contributed by atoms with Crippen molar-refractivity contribution in [3.63, 3.8) is 0 Å². The summed E-state index contributed by atoms with van der Waals surface area (Å²) < 4.78 is 25.5. The van der Waals surface area contributed by atoms with E-state index in [1.54, 1.807) is 17.0 Å². The largest absolute Gasteiger partial charge is 0.353 e. The third kappa shape index (κ3) is 4.76. The summed E-state index contributed by atoms with van der Waals surface area (Å²) in [6.45, 7) is 8.28. The van der Waals surface area contributed by atoms with Crippen LogP contribution in [0.5, 0.6) is 0 Å². The number of hydrogen-bond acceptors (Lipinski definition) is 6. The van der Waals surface area contributed by atoms with Crippen LogP contribution in [0, 0.1) is 6.92 Å². The summed E-state index contributed by atoms with van der Waals surface area (Å²) in [4.78, 5) is 29.7. The second kappa shape index (κ2) is 8.81. The van der Waals surface area contributed by atoms with Gasteiger partial charge in [-0.2, -0.15) is 8.78 Å². The average Bonchev–Trinajstić information content (AvgIpc) is 2.67. The summed E-state index contributed by atoms with van der Waals surface area (Å²) in [7, 11) is 0. The van der Waals surface area contributed by atoms with Crippen LogP contribution in [0.15, 0.2) is 29.4 Å². The zero-order chi connectivity index (χ0) is 20.3. The molecule has 1 aliphatic rings. The normalized spacial score (nSPS) is 14.8. The van der Waals surface area contributed by atoms with E-state index in [0.29, 0.717) is 37.9 Å². The lowest BCUT2D eigenvalue weighted by atomic mass is 10.2. The molecule has 0 bridgehead atoms. The zero-order valence-electron chi connectivity index (χ0n) is 16.1. The molecule has 0 unspecified atom stereocenters. The standard InChI is InChI=1S/C19H23F2N5OS/c1-12(2)16-23-13(3)11-15(24-16)25-7-9-26(10-8-25)18(27)14-5-4-6-22-17(14)28-19(20)21/h4-6,11-12,19H,7-10H2,1-3H3. The molecule has 150 valence electrons. The molecule has 0 saturated carbocycles. The Bertz CT molecular complexity index is 841. The molecule has 1 amide bonds. The van der Waals surface area contributed by atoms with Crippen LogP contribution in [0.2, 0.25) is 0 Å². The maximum absolute atomic E-state index is 12.8. The van der Waals surface area contributed by atoms with E-state index in [1.807, 2.05) is 13.0 Å². The van der Waals surface area contributed by atoms with E-state index < -0.39 is 5.76 Å². The van der Waals surface area contributed by atoms with Crippen molar-refractivity contribution in [3.05, 3.63) is 41.5 Å². The van der Waals surface area contributed by atoms with Gasteiger partial charge in [0.15, 0.2) is 0 Å². The van der Waals surface area contributed by atoms with Crippen molar-refractivity contribution in [3.8, 4) is 0 Å². The molecule has 2 aromatic heterocycles. The Hall–Kier alpha value is -2.29. The van der Waals surface area contributed by atoms with Crippen LogP contribution >= 0.6 is 11.8 Å². The summed E-state index contributed by atoms with van der Waals surface area (Å²) in [5, 5.41) is 0.0675. The van der Waals surface area contributed by atoms with E-state index in [1.165, 1.54) is 6.20 Å². The molecular weight excluding hydrogens is 384 g/mol. The maximum Gasteiger partial charge on any atom is 0.290 e. The van der Waals surface area contributed by atoms with Gasteiger partial charge in [-0.15, -0.1) is 0 Å². The summed E-state index contributed by atoms with van der Waals surface area (Å²) in [5.74, 6) is -0.985. The maximum atomic E-state index is 12.8.